The first-order valence-corrected chi connectivity index (χ1v) is 10.2. The summed E-state index contributed by atoms with van der Waals surface area (Å²) < 4.78 is 0. The van der Waals surface area contributed by atoms with Gasteiger partial charge in [0, 0.05) is 28.9 Å². The molecular weight excluding hydrogens is 402 g/mol. The third-order valence-electron chi connectivity index (χ3n) is 4.80. The molecule has 0 atom stereocenters. The van der Waals surface area contributed by atoms with Crippen molar-refractivity contribution >= 4 is 28.7 Å². The lowest BCUT2D eigenvalue weighted by Gasteiger charge is -2.20. The molecule has 0 aliphatic heterocycles. The minimum absolute atomic E-state index is 0.158. The Hall–Kier alpha value is -3.91. The van der Waals surface area contributed by atoms with E-state index in [2.05, 4.69) is 20.6 Å². The first-order chi connectivity index (χ1) is 15.3. The zero-order chi connectivity index (χ0) is 23.1. The number of nitrogen functional groups attached to an aromatic ring is 1. The van der Waals surface area contributed by atoms with Gasteiger partial charge in [-0.05, 0) is 30.3 Å². The molecule has 3 aromatic rings. The number of rotatable bonds is 8. The Morgan fingerprint density at radius 3 is 2.31 bits per heavy atom. The average molecular weight is 432 g/mol. The Bertz CT molecular complexity index is 1090. The number of hydrogen-bond acceptors (Lipinski definition) is 8. The van der Waals surface area contributed by atoms with Gasteiger partial charge in [0.1, 0.15) is 23.7 Å². The van der Waals surface area contributed by atoms with Gasteiger partial charge >= 0.3 is 0 Å². The Morgan fingerprint density at radius 1 is 1.03 bits per heavy atom. The van der Waals surface area contributed by atoms with Crippen LogP contribution in [-0.2, 0) is 4.84 Å². The second-order valence-corrected chi connectivity index (χ2v) is 8.24. The second-order valence-electron chi connectivity index (χ2n) is 8.24. The molecular formula is C24H29N7O. The van der Waals surface area contributed by atoms with Crippen LogP contribution in [0.4, 0.5) is 23.0 Å². The lowest BCUT2D eigenvalue weighted by molar-refractivity contribution is 0.155. The molecule has 0 aliphatic carbocycles. The van der Waals surface area contributed by atoms with Gasteiger partial charge in [0.2, 0.25) is 0 Å². The van der Waals surface area contributed by atoms with E-state index in [0.29, 0.717) is 17.9 Å². The van der Waals surface area contributed by atoms with E-state index < -0.39 is 0 Å². The van der Waals surface area contributed by atoms with E-state index in [-0.39, 0.29) is 16.9 Å². The molecule has 7 N–H and O–H groups in total. The molecule has 0 saturated heterocycles. The van der Waals surface area contributed by atoms with E-state index in [9.17, 15) is 0 Å². The van der Waals surface area contributed by atoms with Gasteiger partial charge in [0.25, 0.3) is 0 Å². The number of hydrogen-bond donors (Lipinski definition) is 5. The predicted octanol–water partition coefficient (Wildman–Crippen LogP) is 4.45. The number of anilines is 4. The van der Waals surface area contributed by atoms with Gasteiger partial charge in [-0.1, -0.05) is 51.1 Å². The summed E-state index contributed by atoms with van der Waals surface area (Å²) in [6, 6.07) is 17.1. The molecule has 8 nitrogen and oxygen atoms in total. The van der Waals surface area contributed by atoms with Crippen LogP contribution in [0.5, 0.6) is 0 Å². The van der Waals surface area contributed by atoms with E-state index in [1.165, 1.54) is 6.33 Å². The first kappa shape index (κ1) is 22.8. The largest absolute Gasteiger partial charge is 0.416 e. The average Bonchev–Trinajstić information content (AvgIpc) is 2.77. The van der Waals surface area contributed by atoms with Crippen LogP contribution in [0.1, 0.15) is 31.9 Å². The molecule has 0 spiro atoms. The third-order valence-corrected chi connectivity index (χ3v) is 4.80. The van der Waals surface area contributed by atoms with Crippen LogP contribution in [-0.4, -0.2) is 22.2 Å². The quantitative estimate of drug-likeness (QED) is 0.202. The van der Waals surface area contributed by atoms with Crippen LogP contribution in [0.3, 0.4) is 0 Å². The van der Waals surface area contributed by atoms with E-state index in [1.807, 2.05) is 81.4 Å². The summed E-state index contributed by atoms with van der Waals surface area (Å²) in [6.07, 6.45) is 3.31. The molecule has 3 rings (SSSR count). The zero-order valence-corrected chi connectivity index (χ0v) is 18.5. The summed E-state index contributed by atoms with van der Waals surface area (Å²) in [7, 11) is 0. The maximum absolute atomic E-state index is 8.59. The molecule has 2 aromatic carbocycles. The van der Waals surface area contributed by atoms with Crippen molar-refractivity contribution in [1.29, 1.82) is 5.41 Å². The number of nitrogens with zero attached hydrogens (tertiary/aromatic N) is 2. The van der Waals surface area contributed by atoms with Gasteiger partial charge in [-0.2, -0.15) is 5.90 Å². The van der Waals surface area contributed by atoms with Crippen LogP contribution in [0.2, 0.25) is 0 Å². The van der Waals surface area contributed by atoms with Crippen LogP contribution >= 0.6 is 0 Å². The number of allylic oxidation sites excluding steroid dienone is 1. The van der Waals surface area contributed by atoms with Gasteiger partial charge in [-0.3, -0.25) is 5.41 Å². The molecule has 0 saturated carbocycles. The summed E-state index contributed by atoms with van der Waals surface area (Å²) >= 11 is 0. The van der Waals surface area contributed by atoms with Crippen molar-refractivity contribution in [2.45, 2.75) is 20.8 Å². The van der Waals surface area contributed by atoms with Crippen molar-refractivity contribution in [2.75, 3.05) is 22.9 Å². The molecule has 0 fully saturated rings. The normalized spacial score (nSPS) is 11.7. The number of nitrogens with two attached hydrogens (primary N) is 2. The standard InChI is InChI=1S/C24H29N7O/c1-24(2,3)19(32-27)13-14-28-17-9-11-18(12-10-17)31-23-20(22(26)29-15-30-23)21(25)16-7-5-4-6-8-16/h4-13,15,25,28H,14,27H2,1-3H3,(H3,26,29,30,31)/b19-13-,25-21?. The summed E-state index contributed by atoms with van der Waals surface area (Å²) in [5.74, 6) is 6.82. The smallest absolute Gasteiger partial charge is 0.145 e. The summed E-state index contributed by atoms with van der Waals surface area (Å²) in [6.45, 7) is 6.70. The lowest BCUT2D eigenvalue weighted by Crippen LogP contribution is -2.17. The number of aromatic nitrogens is 2. The van der Waals surface area contributed by atoms with Crippen molar-refractivity contribution < 1.29 is 4.84 Å². The molecule has 1 heterocycles. The van der Waals surface area contributed by atoms with Gasteiger partial charge in [-0.15, -0.1) is 0 Å². The molecule has 1 aromatic heterocycles. The highest BCUT2D eigenvalue weighted by Gasteiger charge is 2.18. The van der Waals surface area contributed by atoms with E-state index in [0.717, 1.165) is 22.7 Å². The molecule has 0 amide bonds. The predicted molar refractivity (Wildman–Crippen MR) is 130 cm³/mol. The van der Waals surface area contributed by atoms with Crippen LogP contribution in [0, 0.1) is 10.8 Å². The van der Waals surface area contributed by atoms with Crippen LogP contribution in [0.25, 0.3) is 0 Å². The molecule has 0 aliphatic rings. The highest BCUT2D eigenvalue weighted by Crippen LogP contribution is 2.26. The maximum atomic E-state index is 8.59. The molecule has 0 bridgehead atoms. The highest BCUT2D eigenvalue weighted by atomic mass is 16.6. The first-order valence-electron chi connectivity index (χ1n) is 10.2. The van der Waals surface area contributed by atoms with E-state index in [4.69, 9.17) is 21.9 Å². The second kappa shape index (κ2) is 9.93. The topological polar surface area (TPSA) is 135 Å². The minimum atomic E-state index is -0.158. The minimum Gasteiger partial charge on any atom is -0.416 e. The van der Waals surface area contributed by atoms with Gasteiger partial charge in [0.15, 0.2) is 0 Å². The van der Waals surface area contributed by atoms with E-state index >= 15 is 0 Å². The SMILES string of the molecule is CC(C)(C)/C(=C/CNc1ccc(Nc2ncnc(N)c2C(=N)c2ccccc2)cc1)ON. The third kappa shape index (κ3) is 5.61. The monoisotopic (exact) mass is 431 g/mol. The summed E-state index contributed by atoms with van der Waals surface area (Å²) in [4.78, 5) is 13.4. The van der Waals surface area contributed by atoms with Gasteiger partial charge in [-0.25, -0.2) is 9.97 Å². The fraction of sp³-hybridized carbons (Fsp3) is 0.208. The van der Waals surface area contributed by atoms with Crippen molar-refractivity contribution in [1.82, 2.24) is 9.97 Å². The lowest BCUT2D eigenvalue weighted by atomic mass is 9.93. The Kier molecular flexibility index (Phi) is 7.07. The fourth-order valence-corrected chi connectivity index (χ4v) is 3.09. The van der Waals surface area contributed by atoms with E-state index in [1.54, 1.807) is 0 Å². The van der Waals surface area contributed by atoms with Crippen LogP contribution < -0.4 is 22.3 Å². The number of benzene rings is 2. The van der Waals surface area contributed by atoms with Crippen molar-refractivity contribution in [2.24, 2.45) is 11.3 Å². The van der Waals surface area contributed by atoms with Crippen molar-refractivity contribution in [3.63, 3.8) is 0 Å². The maximum Gasteiger partial charge on any atom is 0.145 e. The van der Waals surface area contributed by atoms with Crippen molar-refractivity contribution in [3.05, 3.63) is 83.9 Å². The Morgan fingerprint density at radius 2 is 1.69 bits per heavy atom. The van der Waals surface area contributed by atoms with Gasteiger partial charge < -0.3 is 21.2 Å². The molecule has 166 valence electrons. The zero-order valence-electron chi connectivity index (χ0n) is 18.5. The van der Waals surface area contributed by atoms with Crippen LogP contribution in [0.15, 0.2) is 72.8 Å². The highest BCUT2D eigenvalue weighted by molar-refractivity contribution is 6.16. The van der Waals surface area contributed by atoms with Gasteiger partial charge in [0.05, 0.1) is 11.3 Å². The fourth-order valence-electron chi connectivity index (χ4n) is 3.09. The Labute approximate surface area is 188 Å². The molecule has 0 radical (unpaired) electrons. The van der Waals surface area contributed by atoms with Crippen molar-refractivity contribution in [3.8, 4) is 0 Å². The summed E-state index contributed by atoms with van der Waals surface area (Å²) in [5.41, 5.74) is 9.14. The Balaban J connectivity index is 1.73. The molecule has 32 heavy (non-hydrogen) atoms. The molecule has 0 unspecified atom stereocenters. The molecule has 8 heteroatoms. The summed E-state index contributed by atoms with van der Waals surface area (Å²) in [5, 5.41) is 15.1. The number of nitrogens with one attached hydrogen (secondary N) is 3.